The molecule has 0 amide bonds. The van der Waals surface area contributed by atoms with E-state index in [9.17, 15) is 8.42 Å². The summed E-state index contributed by atoms with van der Waals surface area (Å²) in [6.07, 6.45) is 2.95. The first kappa shape index (κ1) is 26.4. The maximum atomic E-state index is 13.7. The van der Waals surface area contributed by atoms with Crippen LogP contribution < -0.4 is 22.9 Å². The van der Waals surface area contributed by atoms with E-state index < -0.39 is 34.1 Å². The molecule has 0 saturated carbocycles. The van der Waals surface area contributed by atoms with Gasteiger partial charge in [-0.15, -0.1) is 0 Å². The van der Waals surface area contributed by atoms with Crippen LogP contribution in [0.3, 0.4) is 0 Å². The van der Waals surface area contributed by atoms with Crippen molar-refractivity contribution in [2.24, 2.45) is 22.9 Å². The van der Waals surface area contributed by atoms with Crippen LogP contribution in [-0.4, -0.2) is 32.7 Å². The molecule has 2 rings (SSSR count). The molecule has 0 unspecified atom stereocenters. The van der Waals surface area contributed by atoms with Crippen molar-refractivity contribution in [3.05, 3.63) is 22.0 Å². The number of nitrogens with two attached hydrogens (primary N) is 4. The molecule has 2 aliphatic carbocycles. The van der Waals surface area contributed by atoms with Gasteiger partial charge in [0.25, 0.3) is 0 Å². The van der Waals surface area contributed by atoms with Gasteiger partial charge in [0.1, 0.15) is 12.9 Å². The Morgan fingerprint density at radius 2 is 0.926 bits per heavy atom. The summed E-state index contributed by atoms with van der Waals surface area (Å²) in [5.74, 6) is 0. The normalized spacial score (nSPS) is 30.2. The number of hydrogen-bond acceptors (Lipinski definition) is 6. The van der Waals surface area contributed by atoms with Crippen LogP contribution >= 0.6 is 127 Å². The second-order valence-electron chi connectivity index (χ2n) is 6.61. The summed E-state index contributed by atoms with van der Waals surface area (Å²) < 4.78 is 22.7. The van der Waals surface area contributed by atoms with Crippen molar-refractivity contribution in [1.82, 2.24) is 0 Å². The smallest absolute Gasteiger partial charge is 0.203 e. The van der Waals surface area contributed by atoms with Gasteiger partial charge in [-0.3, -0.25) is 0 Å². The highest BCUT2D eigenvalue weighted by atomic mass is 79.9. The molecule has 0 radical (unpaired) electrons. The topological polar surface area (TPSA) is 138 Å². The Labute approximate surface area is 224 Å². The van der Waals surface area contributed by atoms with E-state index in [1.54, 1.807) is 0 Å². The Balaban J connectivity index is 2.75. The lowest BCUT2D eigenvalue weighted by atomic mass is 9.95. The van der Waals surface area contributed by atoms with E-state index in [1.165, 1.54) is 12.2 Å². The van der Waals surface area contributed by atoms with Crippen LogP contribution in [0.2, 0.25) is 0 Å². The minimum absolute atomic E-state index is 0.0159. The van der Waals surface area contributed by atoms with Gasteiger partial charge in [0.2, 0.25) is 9.84 Å². The Morgan fingerprint density at radius 1 is 0.667 bits per heavy atom. The molecule has 27 heavy (non-hydrogen) atoms. The molecule has 0 aromatic rings. The third-order valence-electron chi connectivity index (χ3n) is 4.19. The maximum absolute atomic E-state index is 13.7. The van der Waals surface area contributed by atoms with Crippen molar-refractivity contribution >= 4 is 137 Å². The second kappa shape index (κ2) is 7.57. The van der Waals surface area contributed by atoms with Crippen LogP contribution in [0.4, 0.5) is 0 Å². The van der Waals surface area contributed by atoms with Crippen LogP contribution in [0, 0.1) is 0 Å². The molecule has 2 aliphatic rings. The first-order valence-corrected chi connectivity index (χ1v) is 14.8. The van der Waals surface area contributed by atoms with Crippen molar-refractivity contribution in [2.75, 3.05) is 0 Å². The molecule has 0 aromatic carbocycles. The Hall–Kier alpha value is 3.11. The molecule has 0 heterocycles. The lowest BCUT2D eigenvalue weighted by Gasteiger charge is -2.47. The van der Waals surface area contributed by atoms with E-state index in [4.69, 9.17) is 22.9 Å². The average molecular weight is 918 g/mol. The molecular formula is C12H14Br8N4O2S. The Morgan fingerprint density at radius 3 is 1.19 bits per heavy atom. The fraction of sp³-hybridized carbons (Fsp3) is 0.667. The lowest BCUT2D eigenvalue weighted by Crippen LogP contribution is -2.66. The fourth-order valence-electron chi connectivity index (χ4n) is 2.62. The number of sulfone groups is 1. The number of alkyl halides is 8. The highest BCUT2D eigenvalue weighted by molar-refractivity contribution is 9.26. The van der Waals surface area contributed by atoms with Crippen molar-refractivity contribution in [1.29, 1.82) is 0 Å². The highest BCUT2D eigenvalue weighted by Gasteiger charge is 2.59. The number of hydrogen-bond donors (Lipinski definition) is 4. The van der Waals surface area contributed by atoms with Gasteiger partial charge in [-0.2, -0.15) is 0 Å². The summed E-state index contributed by atoms with van der Waals surface area (Å²) >= 11 is 27.2. The summed E-state index contributed by atoms with van der Waals surface area (Å²) in [7, 11) is -4.05. The number of allylic oxidation sites excluding steroid dienone is 2. The number of halogens is 8. The average Bonchev–Trinajstić information content (AvgIpc) is 2.36. The maximum Gasteiger partial charge on any atom is 0.203 e. The quantitative estimate of drug-likeness (QED) is 0.243. The molecule has 0 fully saturated rings. The van der Waals surface area contributed by atoms with Crippen molar-refractivity contribution in [3.8, 4) is 0 Å². The molecule has 0 saturated heterocycles. The Bertz CT molecular complexity index is 770. The van der Waals surface area contributed by atoms with E-state index in [-0.39, 0.29) is 22.7 Å². The molecule has 6 nitrogen and oxygen atoms in total. The monoisotopic (exact) mass is 909 g/mol. The molecular weight excluding hydrogens is 903 g/mol. The predicted molar refractivity (Wildman–Crippen MR) is 139 cm³/mol. The van der Waals surface area contributed by atoms with Crippen molar-refractivity contribution in [3.63, 3.8) is 0 Å². The molecule has 156 valence electrons. The molecule has 0 bridgehead atoms. The zero-order chi connectivity index (χ0) is 21.5. The Kier molecular flexibility index (Phi) is 7.39. The molecule has 0 aromatic heterocycles. The third-order valence-corrected chi connectivity index (χ3v) is 14.0. The van der Waals surface area contributed by atoms with Gasteiger partial charge < -0.3 is 22.9 Å². The number of rotatable bonds is 2. The zero-order valence-electron chi connectivity index (χ0n) is 13.1. The van der Waals surface area contributed by atoms with Crippen LogP contribution in [0.5, 0.6) is 0 Å². The van der Waals surface area contributed by atoms with Crippen molar-refractivity contribution in [2.45, 2.75) is 37.1 Å². The van der Waals surface area contributed by atoms with Gasteiger partial charge in [-0.1, -0.05) is 127 Å². The van der Waals surface area contributed by atoms with E-state index in [2.05, 4.69) is 127 Å². The molecule has 8 N–H and O–H groups in total. The van der Waals surface area contributed by atoms with Gasteiger partial charge in [0, 0.05) is 12.8 Å². The standard InChI is InChI=1S/C12H14Br8N4O2S/c13-7(14)3-11(21,22)9(17,18)1-5(7)27(25,26)6-2-10(19,20)12(23,24)4-8(6,15)16/h1-2H,3-4,21-24H2. The minimum atomic E-state index is -4.05. The molecule has 0 aliphatic heterocycles. The van der Waals surface area contributed by atoms with E-state index in [1.807, 2.05) is 0 Å². The van der Waals surface area contributed by atoms with Crippen LogP contribution in [0.25, 0.3) is 0 Å². The molecule has 0 atom stereocenters. The minimum Gasteiger partial charge on any atom is -0.311 e. The van der Waals surface area contributed by atoms with E-state index in [0.717, 1.165) is 0 Å². The lowest BCUT2D eigenvalue weighted by molar-refractivity contribution is 0.396. The first-order chi connectivity index (χ1) is 11.6. The summed E-state index contributed by atoms with van der Waals surface area (Å²) in [6, 6.07) is 0. The summed E-state index contributed by atoms with van der Waals surface area (Å²) in [5.41, 5.74) is 22.0. The van der Waals surface area contributed by atoms with E-state index >= 15 is 0 Å². The van der Waals surface area contributed by atoms with Crippen LogP contribution in [0.1, 0.15) is 12.8 Å². The SMILES string of the molecule is NC1(N)CC(Br)(Br)C(S(=O)(=O)C2=CC(Br)(Br)C(N)(N)CC2(Br)Br)=CC1(Br)Br. The zero-order valence-corrected chi connectivity index (χ0v) is 26.6. The van der Waals surface area contributed by atoms with Gasteiger partial charge in [-0.25, -0.2) is 8.42 Å². The van der Waals surface area contributed by atoms with Gasteiger partial charge >= 0.3 is 0 Å². The summed E-state index contributed by atoms with van der Waals surface area (Å²) in [4.78, 5) is 0.0317. The van der Waals surface area contributed by atoms with Crippen molar-refractivity contribution < 1.29 is 8.42 Å². The second-order valence-corrected chi connectivity index (χ2v) is 23.2. The van der Waals surface area contributed by atoms with Gasteiger partial charge in [0.05, 0.1) is 21.1 Å². The highest BCUT2D eigenvalue weighted by Crippen LogP contribution is 2.59. The van der Waals surface area contributed by atoms with E-state index in [0.29, 0.717) is 0 Å². The summed E-state index contributed by atoms with van der Waals surface area (Å²) in [6.45, 7) is 0. The fourth-order valence-corrected chi connectivity index (χ4v) is 11.4. The summed E-state index contributed by atoms with van der Waals surface area (Å²) in [5, 5.41) is 0. The predicted octanol–water partition coefficient (Wildman–Crippen LogP) is 4.15. The van der Waals surface area contributed by atoms with Gasteiger partial charge in [0.15, 0.2) is 0 Å². The van der Waals surface area contributed by atoms with Gasteiger partial charge in [-0.05, 0) is 12.2 Å². The van der Waals surface area contributed by atoms with Crippen LogP contribution in [0.15, 0.2) is 22.0 Å². The first-order valence-electron chi connectivity index (χ1n) is 6.98. The molecule has 15 heteroatoms. The molecule has 0 spiro atoms. The largest absolute Gasteiger partial charge is 0.311 e. The van der Waals surface area contributed by atoms with Crippen LogP contribution in [-0.2, 0) is 9.84 Å². The third kappa shape index (κ3) is 4.75.